The van der Waals surface area contributed by atoms with Crippen LogP contribution in [-0.2, 0) is 16.3 Å². The summed E-state index contributed by atoms with van der Waals surface area (Å²) in [7, 11) is 0. The predicted molar refractivity (Wildman–Crippen MR) is 120 cm³/mol. The van der Waals surface area contributed by atoms with Crippen molar-refractivity contribution in [2.45, 2.75) is 91.0 Å². The fraction of sp³-hybridized carbons (Fsp3) is 0.696. The fourth-order valence-electron chi connectivity index (χ4n) is 4.12. The maximum atomic E-state index is 12.2. The number of piperidine rings is 1. The summed E-state index contributed by atoms with van der Waals surface area (Å²) >= 11 is 0. The number of anilines is 1. The Morgan fingerprint density at radius 1 is 1.33 bits per heavy atom. The molecule has 1 aliphatic rings. The fourth-order valence-corrected chi connectivity index (χ4v) is 4.12. The van der Waals surface area contributed by atoms with E-state index in [4.69, 9.17) is 4.74 Å². The third kappa shape index (κ3) is 6.17. The SMILES string of the molecule is CCCCC(CC)CCC(=O)OCn1ccc2c(N[C@@H]3CC[C@H](C)NC3)ncnc21. The van der Waals surface area contributed by atoms with Gasteiger partial charge in [-0.05, 0) is 38.2 Å². The first kappa shape index (κ1) is 22.5. The lowest BCUT2D eigenvalue weighted by Crippen LogP contribution is -2.43. The molecule has 1 saturated heterocycles. The van der Waals surface area contributed by atoms with Crippen LogP contribution in [0.1, 0.15) is 72.1 Å². The van der Waals surface area contributed by atoms with Crippen LogP contribution < -0.4 is 10.6 Å². The Morgan fingerprint density at radius 2 is 2.20 bits per heavy atom. The van der Waals surface area contributed by atoms with E-state index in [2.05, 4.69) is 41.4 Å². The Balaban J connectivity index is 1.53. The second-order valence-corrected chi connectivity index (χ2v) is 8.57. The highest BCUT2D eigenvalue weighted by atomic mass is 16.5. The number of carbonyl (C=O) groups is 1. The topological polar surface area (TPSA) is 81.1 Å². The van der Waals surface area contributed by atoms with Gasteiger partial charge < -0.3 is 15.4 Å². The predicted octanol–water partition coefficient (Wildman–Crippen LogP) is 4.48. The van der Waals surface area contributed by atoms with Gasteiger partial charge in [-0.25, -0.2) is 9.97 Å². The summed E-state index contributed by atoms with van der Waals surface area (Å²) in [5.74, 6) is 1.32. The molecule has 3 heterocycles. The van der Waals surface area contributed by atoms with E-state index in [1.165, 1.54) is 19.3 Å². The molecule has 2 aromatic rings. The molecular weight excluding hydrogens is 378 g/mol. The molecule has 0 spiro atoms. The van der Waals surface area contributed by atoms with Gasteiger partial charge in [0.05, 0.1) is 5.39 Å². The summed E-state index contributed by atoms with van der Waals surface area (Å²) in [5, 5.41) is 8.00. The van der Waals surface area contributed by atoms with Crippen LogP contribution in [0.4, 0.5) is 5.82 Å². The van der Waals surface area contributed by atoms with Gasteiger partial charge in [-0.1, -0.05) is 39.5 Å². The van der Waals surface area contributed by atoms with Crippen molar-refractivity contribution in [1.29, 1.82) is 0 Å². The monoisotopic (exact) mass is 415 g/mol. The highest BCUT2D eigenvalue weighted by Crippen LogP contribution is 2.23. The van der Waals surface area contributed by atoms with Crippen LogP contribution in [0, 0.1) is 5.92 Å². The van der Waals surface area contributed by atoms with Crippen LogP contribution in [0.5, 0.6) is 0 Å². The number of hydrogen-bond acceptors (Lipinski definition) is 6. The summed E-state index contributed by atoms with van der Waals surface area (Å²) in [6.45, 7) is 7.75. The molecule has 7 heteroatoms. The van der Waals surface area contributed by atoms with E-state index >= 15 is 0 Å². The minimum absolute atomic E-state index is 0.137. The zero-order valence-corrected chi connectivity index (χ0v) is 18.7. The summed E-state index contributed by atoms with van der Waals surface area (Å²) in [6.07, 6.45) is 11.9. The Hall–Kier alpha value is -2.15. The highest BCUT2D eigenvalue weighted by Gasteiger charge is 2.19. The van der Waals surface area contributed by atoms with Gasteiger partial charge in [0.15, 0.2) is 6.73 Å². The zero-order valence-electron chi connectivity index (χ0n) is 18.7. The average molecular weight is 416 g/mol. The smallest absolute Gasteiger partial charge is 0.307 e. The molecule has 166 valence electrons. The van der Waals surface area contributed by atoms with Crippen LogP contribution in [-0.4, -0.2) is 39.1 Å². The number of aromatic nitrogens is 3. The van der Waals surface area contributed by atoms with E-state index < -0.39 is 0 Å². The normalized spacial score (nSPS) is 20.2. The third-order valence-corrected chi connectivity index (χ3v) is 6.22. The number of nitrogens with one attached hydrogen (secondary N) is 2. The van der Waals surface area contributed by atoms with Gasteiger partial charge in [0, 0.05) is 31.2 Å². The first-order valence-corrected chi connectivity index (χ1v) is 11.6. The lowest BCUT2D eigenvalue weighted by molar-refractivity contribution is -0.147. The summed E-state index contributed by atoms with van der Waals surface area (Å²) in [6, 6.07) is 2.92. The van der Waals surface area contributed by atoms with Crippen LogP contribution in [0.15, 0.2) is 18.6 Å². The van der Waals surface area contributed by atoms with Crippen LogP contribution in [0.2, 0.25) is 0 Å². The largest absolute Gasteiger partial charge is 0.444 e. The van der Waals surface area contributed by atoms with Gasteiger partial charge in [-0.3, -0.25) is 9.36 Å². The number of carbonyl (C=O) groups excluding carboxylic acids is 1. The molecule has 0 saturated carbocycles. The van der Waals surface area contributed by atoms with Crippen molar-refractivity contribution in [3.8, 4) is 0 Å². The molecule has 0 radical (unpaired) electrons. The number of ether oxygens (including phenoxy) is 1. The summed E-state index contributed by atoms with van der Waals surface area (Å²) < 4.78 is 7.40. The van der Waals surface area contributed by atoms with E-state index in [0.717, 1.165) is 49.1 Å². The Morgan fingerprint density at radius 3 is 2.93 bits per heavy atom. The van der Waals surface area contributed by atoms with E-state index in [-0.39, 0.29) is 12.7 Å². The van der Waals surface area contributed by atoms with Crippen molar-refractivity contribution in [1.82, 2.24) is 19.9 Å². The van der Waals surface area contributed by atoms with Gasteiger partial charge in [-0.15, -0.1) is 0 Å². The molecule has 0 aromatic carbocycles. The van der Waals surface area contributed by atoms with Gasteiger partial charge in [0.25, 0.3) is 0 Å². The van der Waals surface area contributed by atoms with Crippen molar-refractivity contribution >= 4 is 22.8 Å². The number of fused-ring (bicyclic) bond motifs is 1. The Labute approximate surface area is 180 Å². The standard InChI is InChI=1S/C23H37N5O2/c1-4-6-7-18(5-2)9-11-21(29)30-16-28-13-12-20-22(25-15-26-23(20)28)27-19-10-8-17(3)24-14-19/h12-13,15,17-19,24H,4-11,14,16H2,1-3H3,(H,25,26,27)/t17-,18?,19+/m0/s1. The molecule has 1 unspecified atom stereocenters. The minimum Gasteiger partial charge on any atom is -0.444 e. The van der Waals surface area contributed by atoms with E-state index in [1.54, 1.807) is 6.33 Å². The molecule has 0 bridgehead atoms. The minimum atomic E-state index is -0.137. The number of unbranched alkanes of at least 4 members (excludes halogenated alkanes) is 1. The molecule has 1 fully saturated rings. The number of rotatable bonds is 11. The highest BCUT2D eigenvalue weighted by molar-refractivity contribution is 5.87. The summed E-state index contributed by atoms with van der Waals surface area (Å²) in [4.78, 5) is 21.1. The van der Waals surface area contributed by atoms with E-state index in [1.807, 2.05) is 16.8 Å². The molecule has 0 amide bonds. The second kappa shape index (κ2) is 11.3. The van der Waals surface area contributed by atoms with E-state index in [9.17, 15) is 4.79 Å². The van der Waals surface area contributed by atoms with Gasteiger partial charge in [-0.2, -0.15) is 0 Å². The van der Waals surface area contributed by atoms with Crippen molar-refractivity contribution in [2.75, 3.05) is 11.9 Å². The molecule has 30 heavy (non-hydrogen) atoms. The van der Waals surface area contributed by atoms with Crippen LogP contribution in [0.25, 0.3) is 11.0 Å². The number of hydrogen-bond donors (Lipinski definition) is 2. The first-order chi connectivity index (χ1) is 14.6. The van der Waals surface area contributed by atoms with E-state index in [0.29, 0.717) is 24.4 Å². The first-order valence-electron chi connectivity index (χ1n) is 11.6. The van der Waals surface area contributed by atoms with Crippen molar-refractivity contribution in [3.05, 3.63) is 18.6 Å². The molecular formula is C23H37N5O2. The van der Waals surface area contributed by atoms with Crippen molar-refractivity contribution in [3.63, 3.8) is 0 Å². The molecule has 0 aliphatic carbocycles. The molecule has 1 aliphatic heterocycles. The molecule has 2 N–H and O–H groups in total. The molecule has 3 atom stereocenters. The Bertz CT molecular complexity index is 798. The lowest BCUT2D eigenvalue weighted by atomic mass is 9.94. The van der Waals surface area contributed by atoms with Gasteiger partial charge in [0.1, 0.15) is 17.8 Å². The van der Waals surface area contributed by atoms with Gasteiger partial charge >= 0.3 is 5.97 Å². The molecule has 2 aromatic heterocycles. The summed E-state index contributed by atoms with van der Waals surface area (Å²) in [5.41, 5.74) is 0.784. The third-order valence-electron chi connectivity index (χ3n) is 6.22. The average Bonchev–Trinajstić information content (AvgIpc) is 3.18. The Kier molecular flexibility index (Phi) is 8.49. The van der Waals surface area contributed by atoms with Crippen molar-refractivity contribution in [2.24, 2.45) is 5.92 Å². The molecule has 7 nitrogen and oxygen atoms in total. The quantitative estimate of drug-likeness (QED) is 0.527. The molecule has 3 rings (SSSR count). The maximum Gasteiger partial charge on any atom is 0.307 e. The van der Waals surface area contributed by atoms with Crippen molar-refractivity contribution < 1.29 is 9.53 Å². The second-order valence-electron chi connectivity index (χ2n) is 8.57. The zero-order chi connectivity index (χ0) is 21.3. The number of esters is 1. The lowest BCUT2D eigenvalue weighted by Gasteiger charge is -2.28. The van der Waals surface area contributed by atoms with Crippen LogP contribution in [0.3, 0.4) is 0 Å². The van der Waals surface area contributed by atoms with Gasteiger partial charge in [0.2, 0.25) is 0 Å². The number of nitrogens with zero attached hydrogens (tertiary/aromatic N) is 3. The maximum absolute atomic E-state index is 12.2. The van der Waals surface area contributed by atoms with Crippen LogP contribution >= 0.6 is 0 Å².